The first-order chi connectivity index (χ1) is 7.31. The average Bonchev–Trinajstić information content (AvgIpc) is 2.69. The molecule has 3 heteroatoms. The van der Waals surface area contributed by atoms with Crippen molar-refractivity contribution in [2.45, 2.75) is 29.4 Å². The molecule has 2 rings (SSSR count). The summed E-state index contributed by atoms with van der Waals surface area (Å²) in [7, 11) is 0. The third-order valence-electron chi connectivity index (χ3n) is 2.73. The summed E-state index contributed by atoms with van der Waals surface area (Å²) in [4.78, 5) is 0.671. The van der Waals surface area contributed by atoms with Crippen molar-refractivity contribution >= 4 is 11.8 Å². The molecule has 0 aromatic heterocycles. The van der Waals surface area contributed by atoms with E-state index in [0.717, 1.165) is 19.3 Å². The number of hydrogen-bond donors (Lipinski definition) is 0. The van der Waals surface area contributed by atoms with Crippen LogP contribution in [0.15, 0.2) is 29.2 Å². The van der Waals surface area contributed by atoms with Gasteiger partial charge < -0.3 is 0 Å². The molecular weight excluding hydrogens is 209 g/mol. The lowest BCUT2D eigenvalue weighted by Crippen LogP contribution is -2.07. The summed E-state index contributed by atoms with van der Waals surface area (Å²) in [5.41, 5.74) is 0. The van der Waals surface area contributed by atoms with Crippen molar-refractivity contribution in [2.75, 3.05) is 0 Å². The summed E-state index contributed by atoms with van der Waals surface area (Å²) in [5, 5.41) is 9.20. The van der Waals surface area contributed by atoms with Crippen molar-refractivity contribution in [3.8, 4) is 6.07 Å². The molecule has 1 fully saturated rings. The number of hydrogen-bond acceptors (Lipinski definition) is 2. The molecular formula is C12H12FNS. The zero-order chi connectivity index (χ0) is 10.7. The second kappa shape index (κ2) is 4.67. The van der Waals surface area contributed by atoms with Gasteiger partial charge in [0.1, 0.15) is 5.82 Å². The van der Waals surface area contributed by atoms with E-state index in [1.165, 1.54) is 17.8 Å². The standard InChI is InChI=1S/C12H12FNS/c13-10-5-1-2-6-12(10)15-11-7-3-4-9(11)8-14/h1-2,5-6,9,11H,3-4,7H2. The number of benzene rings is 1. The predicted molar refractivity (Wildman–Crippen MR) is 59.0 cm³/mol. The minimum Gasteiger partial charge on any atom is -0.206 e. The quantitative estimate of drug-likeness (QED) is 0.761. The van der Waals surface area contributed by atoms with Crippen LogP contribution in [0.5, 0.6) is 0 Å². The van der Waals surface area contributed by atoms with Gasteiger partial charge in [0.2, 0.25) is 0 Å². The van der Waals surface area contributed by atoms with Gasteiger partial charge in [0.15, 0.2) is 0 Å². The third kappa shape index (κ3) is 2.32. The fourth-order valence-corrected chi connectivity index (χ4v) is 3.23. The van der Waals surface area contributed by atoms with Gasteiger partial charge in [-0.2, -0.15) is 5.26 Å². The SMILES string of the molecule is N#CC1CCCC1Sc1ccccc1F. The molecule has 0 bridgehead atoms. The lowest BCUT2D eigenvalue weighted by atomic mass is 10.1. The van der Waals surface area contributed by atoms with Gasteiger partial charge in [0.25, 0.3) is 0 Å². The number of thioether (sulfide) groups is 1. The van der Waals surface area contributed by atoms with E-state index in [9.17, 15) is 4.39 Å². The van der Waals surface area contributed by atoms with E-state index in [-0.39, 0.29) is 17.0 Å². The van der Waals surface area contributed by atoms with E-state index in [1.54, 1.807) is 12.1 Å². The molecule has 1 aromatic carbocycles. The molecule has 15 heavy (non-hydrogen) atoms. The van der Waals surface area contributed by atoms with Crippen LogP contribution in [0.25, 0.3) is 0 Å². The van der Waals surface area contributed by atoms with E-state index in [4.69, 9.17) is 5.26 Å². The van der Waals surface area contributed by atoms with Gasteiger partial charge in [-0.3, -0.25) is 0 Å². The molecule has 0 radical (unpaired) electrons. The number of nitriles is 1. The van der Waals surface area contributed by atoms with Gasteiger partial charge in [-0.15, -0.1) is 11.8 Å². The Bertz CT molecular complexity index is 385. The monoisotopic (exact) mass is 221 g/mol. The van der Waals surface area contributed by atoms with Crippen LogP contribution in [-0.2, 0) is 0 Å². The maximum Gasteiger partial charge on any atom is 0.136 e. The highest BCUT2D eigenvalue weighted by Crippen LogP contribution is 2.39. The van der Waals surface area contributed by atoms with Gasteiger partial charge in [-0.25, -0.2) is 4.39 Å². The summed E-state index contributed by atoms with van der Waals surface area (Å²) >= 11 is 1.51. The van der Waals surface area contributed by atoms with Crippen LogP contribution in [0.4, 0.5) is 4.39 Å². The van der Waals surface area contributed by atoms with Gasteiger partial charge >= 0.3 is 0 Å². The molecule has 0 amide bonds. The molecule has 0 aliphatic heterocycles. The van der Waals surface area contributed by atoms with E-state index in [1.807, 2.05) is 6.07 Å². The summed E-state index contributed by atoms with van der Waals surface area (Å²) in [6, 6.07) is 9.09. The summed E-state index contributed by atoms with van der Waals surface area (Å²) < 4.78 is 13.4. The zero-order valence-corrected chi connectivity index (χ0v) is 9.14. The van der Waals surface area contributed by atoms with Crippen LogP contribution in [0, 0.1) is 23.1 Å². The number of nitrogens with zero attached hydrogens (tertiary/aromatic N) is 1. The second-order valence-corrected chi connectivity index (χ2v) is 5.03. The Morgan fingerprint density at radius 2 is 2.13 bits per heavy atom. The van der Waals surface area contributed by atoms with Crippen LogP contribution in [0.1, 0.15) is 19.3 Å². The van der Waals surface area contributed by atoms with Gasteiger partial charge in [0.05, 0.1) is 12.0 Å². The molecule has 2 unspecified atom stereocenters. The van der Waals surface area contributed by atoms with Gasteiger partial charge in [0, 0.05) is 10.1 Å². The highest BCUT2D eigenvalue weighted by Gasteiger charge is 2.28. The highest BCUT2D eigenvalue weighted by atomic mass is 32.2. The summed E-state index contributed by atoms with van der Waals surface area (Å²) in [6.45, 7) is 0. The van der Waals surface area contributed by atoms with Crippen molar-refractivity contribution in [3.05, 3.63) is 30.1 Å². The topological polar surface area (TPSA) is 23.8 Å². The van der Waals surface area contributed by atoms with E-state index < -0.39 is 0 Å². The van der Waals surface area contributed by atoms with E-state index in [2.05, 4.69) is 6.07 Å². The van der Waals surface area contributed by atoms with Crippen LogP contribution >= 0.6 is 11.8 Å². The minimum atomic E-state index is -0.175. The molecule has 1 aliphatic rings. The molecule has 0 heterocycles. The normalized spacial score (nSPS) is 25.1. The van der Waals surface area contributed by atoms with Crippen molar-refractivity contribution in [1.29, 1.82) is 5.26 Å². The Hall–Kier alpha value is -1.01. The van der Waals surface area contributed by atoms with Crippen LogP contribution in [0.3, 0.4) is 0 Å². The molecule has 0 spiro atoms. The Balaban J connectivity index is 2.09. The van der Waals surface area contributed by atoms with Gasteiger partial charge in [-0.1, -0.05) is 18.6 Å². The largest absolute Gasteiger partial charge is 0.206 e. The first-order valence-corrected chi connectivity index (χ1v) is 6.00. The number of halogens is 1. The maximum absolute atomic E-state index is 13.4. The lowest BCUT2D eigenvalue weighted by Gasteiger charge is -2.12. The fourth-order valence-electron chi connectivity index (χ4n) is 1.92. The molecule has 78 valence electrons. The van der Waals surface area contributed by atoms with Crippen molar-refractivity contribution in [3.63, 3.8) is 0 Å². The molecule has 0 saturated heterocycles. The Morgan fingerprint density at radius 3 is 2.87 bits per heavy atom. The first-order valence-electron chi connectivity index (χ1n) is 5.12. The first kappa shape index (κ1) is 10.5. The van der Waals surface area contributed by atoms with Gasteiger partial charge in [-0.05, 0) is 25.0 Å². The van der Waals surface area contributed by atoms with Crippen LogP contribution in [-0.4, -0.2) is 5.25 Å². The Kier molecular flexibility index (Phi) is 3.27. The smallest absolute Gasteiger partial charge is 0.136 e. The molecule has 1 aliphatic carbocycles. The van der Waals surface area contributed by atoms with Crippen LogP contribution in [0.2, 0.25) is 0 Å². The summed E-state index contributed by atoms with van der Waals surface area (Å²) in [6.07, 6.45) is 3.07. The Morgan fingerprint density at radius 1 is 1.33 bits per heavy atom. The average molecular weight is 221 g/mol. The van der Waals surface area contributed by atoms with Crippen molar-refractivity contribution < 1.29 is 4.39 Å². The fraction of sp³-hybridized carbons (Fsp3) is 0.417. The lowest BCUT2D eigenvalue weighted by molar-refractivity contribution is 0.600. The molecule has 1 nitrogen and oxygen atoms in total. The second-order valence-electron chi connectivity index (χ2n) is 3.75. The molecule has 1 saturated carbocycles. The molecule has 0 N–H and O–H groups in total. The minimum absolute atomic E-state index is 0.0922. The summed E-state index contributed by atoms with van der Waals surface area (Å²) in [5.74, 6) is -0.0827. The van der Waals surface area contributed by atoms with E-state index in [0.29, 0.717) is 4.90 Å². The van der Waals surface area contributed by atoms with Crippen LogP contribution < -0.4 is 0 Å². The maximum atomic E-state index is 13.4. The van der Waals surface area contributed by atoms with E-state index >= 15 is 0 Å². The third-order valence-corrected chi connectivity index (χ3v) is 4.19. The molecule has 2 atom stereocenters. The Labute approximate surface area is 93.3 Å². The molecule has 1 aromatic rings. The number of rotatable bonds is 2. The zero-order valence-electron chi connectivity index (χ0n) is 8.32. The van der Waals surface area contributed by atoms with Crippen molar-refractivity contribution in [2.24, 2.45) is 5.92 Å². The van der Waals surface area contributed by atoms with Crippen molar-refractivity contribution in [1.82, 2.24) is 0 Å². The highest BCUT2D eigenvalue weighted by molar-refractivity contribution is 8.00. The predicted octanol–water partition coefficient (Wildman–Crippen LogP) is 3.61.